The third-order valence-corrected chi connectivity index (χ3v) is 10.5. The lowest BCUT2D eigenvalue weighted by molar-refractivity contribution is 0.118. The van der Waals surface area contributed by atoms with Crippen LogP contribution in [0.3, 0.4) is 0 Å². The first-order valence-electron chi connectivity index (χ1n) is 20.0. The average Bonchev–Trinajstić information content (AvgIpc) is 3.17. The minimum atomic E-state index is 0.691. The zero-order chi connectivity index (χ0) is 34.8. The van der Waals surface area contributed by atoms with Crippen LogP contribution in [0.5, 0.6) is 0 Å². The Labute approximate surface area is 306 Å². The van der Waals surface area contributed by atoms with Crippen molar-refractivity contribution in [2.24, 2.45) is 0 Å². The monoisotopic (exact) mass is 678 g/mol. The molecule has 0 heterocycles. The van der Waals surface area contributed by atoms with E-state index in [-0.39, 0.29) is 0 Å². The fraction of sp³-hybridized carbons (Fsp3) is 0.388. The van der Waals surface area contributed by atoms with Gasteiger partial charge in [0.2, 0.25) is 0 Å². The van der Waals surface area contributed by atoms with Gasteiger partial charge < -0.3 is 9.47 Å². The van der Waals surface area contributed by atoms with Crippen LogP contribution in [0.1, 0.15) is 107 Å². The Balaban J connectivity index is 0.718. The van der Waals surface area contributed by atoms with Crippen LogP contribution in [0.25, 0.3) is 43.1 Å². The highest BCUT2D eigenvalue weighted by molar-refractivity contribution is 6.03. The van der Waals surface area contributed by atoms with E-state index in [1.54, 1.807) is 0 Å². The Morgan fingerprint density at radius 1 is 0.333 bits per heavy atom. The predicted octanol–water partition coefficient (Wildman–Crippen LogP) is 14.4. The maximum Gasteiger partial charge on any atom is 0.0728 e. The molecule has 0 saturated carbocycles. The minimum absolute atomic E-state index is 0.691. The molecule has 0 saturated heterocycles. The molecule has 2 nitrogen and oxygen atoms in total. The summed E-state index contributed by atoms with van der Waals surface area (Å²) in [7, 11) is 0. The molecule has 0 fully saturated rings. The molecule has 0 unspecified atom stereocenters. The zero-order valence-electron chi connectivity index (χ0n) is 30.8. The highest BCUT2D eigenvalue weighted by Gasteiger charge is 2.09. The molecule has 0 bridgehead atoms. The van der Waals surface area contributed by atoms with E-state index < -0.39 is 0 Å². The summed E-state index contributed by atoms with van der Waals surface area (Å²) >= 11 is 0. The Morgan fingerprint density at radius 3 is 0.980 bits per heavy atom. The number of fused-ring (bicyclic) bond motifs is 4. The summed E-state index contributed by atoms with van der Waals surface area (Å²) in [4.78, 5) is 0. The lowest BCUT2D eigenvalue weighted by atomic mass is 9.97. The molecule has 0 aromatic heterocycles. The van der Waals surface area contributed by atoms with Crippen LogP contribution in [0, 0.1) is 0 Å². The maximum atomic E-state index is 6.19. The van der Waals surface area contributed by atoms with Gasteiger partial charge in [0.15, 0.2) is 0 Å². The first kappa shape index (κ1) is 36.8. The smallest absolute Gasteiger partial charge is 0.0728 e. The van der Waals surface area contributed by atoms with E-state index in [4.69, 9.17) is 9.47 Å². The fourth-order valence-corrected chi connectivity index (χ4v) is 7.63. The van der Waals surface area contributed by atoms with Crippen molar-refractivity contribution >= 4 is 43.1 Å². The minimum Gasteiger partial charge on any atom is -0.377 e. The molecule has 6 aromatic carbocycles. The van der Waals surface area contributed by atoms with Crippen LogP contribution in [0.2, 0.25) is 0 Å². The maximum absolute atomic E-state index is 6.19. The largest absolute Gasteiger partial charge is 0.377 e. The number of hydrogen-bond donors (Lipinski definition) is 0. The van der Waals surface area contributed by atoms with Gasteiger partial charge >= 0.3 is 0 Å². The molecular formula is C49H58O2. The second-order valence-electron chi connectivity index (χ2n) is 14.3. The summed E-state index contributed by atoms with van der Waals surface area (Å²) < 4.78 is 12.4. The predicted molar refractivity (Wildman–Crippen MR) is 221 cm³/mol. The molecule has 0 aliphatic carbocycles. The Hall–Kier alpha value is -3.98. The van der Waals surface area contributed by atoms with Gasteiger partial charge in [0.1, 0.15) is 0 Å². The van der Waals surface area contributed by atoms with Crippen LogP contribution in [0.4, 0.5) is 0 Å². The summed E-state index contributed by atoms with van der Waals surface area (Å²) in [5, 5.41) is 10.5. The number of unbranched alkanes of at least 4 members (excludes halogenated alkanes) is 13. The SMILES string of the molecule is C(=C\CCCCCCCCOCc1c2ccccc2cc2ccccc12)/CCCCCCCCCOCc1c2ccccc2cc2ccccc12. The second-order valence-corrected chi connectivity index (χ2v) is 14.3. The van der Waals surface area contributed by atoms with Crippen LogP contribution in [0.15, 0.2) is 121 Å². The summed E-state index contributed by atoms with van der Waals surface area (Å²) in [6.45, 7) is 3.08. The van der Waals surface area contributed by atoms with Crippen LogP contribution < -0.4 is 0 Å². The first-order chi connectivity index (χ1) is 25.4. The second kappa shape index (κ2) is 20.8. The standard InChI is InChI=1S/C49H58O2/c1(2-4-6-8-10-12-14-24-34-50-38-48-44-30-20-16-26-40(44)36-41-27-17-21-31-45(41)48)3-5-7-9-11-13-15-25-35-51-39-49-46-32-22-18-28-42(46)37-43-29-19-23-33-47(43)49/h1-2,16-23,26-33,36-37H,3-15,24-25,34-35,38-39H2/b2-1+. The van der Waals surface area contributed by atoms with E-state index in [2.05, 4.69) is 121 Å². The number of hydrogen-bond acceptors (Lipinski definition) is 2. The Morgan fingerprint density at radius 2 is 0.627 bits per heavy atom. The number of rotatable bonds is 23. The van der Waals surface area contributed by atoms with Crippen molar-refractivity contribution in [3.8, 4) is 0 Å². The molecule has 266 valence electrons. The summed E-state index contributed by atoms with van der Waals surface area (Å²) in [6, 6.07) is 39.4. The van der Waals surface area contributed by atoms with E-state index in [1.807, 2.05) is 0 Å². The molecule has 0 aliphatic rings. The van der Waals surface area contributed by atoms with Crippen LogP contribution >= 0.6 is 0 Å². The van der Waals surface area contributed by atoms with Crippen molar-refractivity contribution in [3.63, 3.8) is 0 Å². The molecule has 0 aliphatic heterocycles. The molecule has 6 rings (SSSR count). The van der Waals surface area contributed by atoms with Gasteiger partial charge in [-0.2, -0.15) is 0 Å². The van der Waals surface area contributed by atoms with Gasteiger partial charge in [0, 0.05) is 13.2 Å². The molecule has 0 amide bonds. The number of ether oxygens (including phenoxy) is 2. The third kappa shape index (κ3) is 11.0. The van der Waals surface area contributed by atoms with Gasteiger partial charge in [-0.25, -0.2) is 0 Å². The third-order valence-electron chi connectivity index (χ3n) is 10.5. The average molecular weight is 679 g/mol. The molecule has 0 radical (unpaired) electrons. The summed E-state index contributed by atoms with van der Waals surface area (Å²) in [5.41, 5.74) is 2.65. The van der Waals surface area contributed by atoms with E-state index in [0.717, 1.165) is 26.1 Å². The zero-order valence-corrected chi connectivity index (χ0v) is 30.8. The van der Waals surface area contributed by atoms with Crippen molar-refractivity contribution in [1.29, 1.82) is 0 Å². The van der Waals surface area contributed by atoms with Gasteiger partial charge in [0.05, 0.1) is 13.2 Å². The van der Waals surface area contributed by atoms with Crippen LogP contribution in [-0.4, -0.2) is 13.2 Å². The lowest BCUT2D eigenvalue weighted by Crippen LogP contribution is -1.98. The van der Waals surface area contributed by atoms with E-state index >= 15 is 0 Å². The Kier molecular flexibility index (Phi) is 15.0. The van der Waals surface area contributed by atoms with E-state index in [1.165, 1.54) is 138 Å². The van der Waals surface area contributed by atoms with Crippen molar-refractivity contribution < 1.29 is 9.47 Å². The van der Waals surface area contributed by atoms with Crippen LogP contribution in [-0.2, 0) is 22.7 Å². The summed E-state index contributed by atoms with van der Waals surface area (Å²) in [5.74, 6) is 0. The molecule has 6 aromatic rings. The summed E-state index contributed by atoms with van der Waals surface area (Å²) in [6.07, 6.45) is 24.2. The molecular weight excluding hydrogens is 621 g/mol. The first-order valence-corrected chi connectivity index (χ1v) is 20.0. The normalized spacial score (nSPS) is 11.9. The van der Waals surface area contributed by atoms with Crippen molar-refractivity contribution in [2.75, 3.05) is 13.2 Å². The van der Waals surface area contributed by atoms with Gasteiger partial charge in [-0.3, -0.25) is 0 Å². The van der Waals surface area contributed by atoms with Crippen molar-refractivity contribution in [1.82, 2.24) is 0 Å². The number of allylic oxidation sites excluding steroid dienone is 2. The molecule has 0 spiro atoms. The van der Waals surface area contributed by atoms with Gasteiger partial charge in [-0.15, -0.1) is 0 Å². The van der Waals surface area contributed by atoms with Crippen molar-refractivity contribution in [2.45, 2.75) is 110 Å². The van der Waals surface area contributed by atoms with Gasteiger partial charge in [0.25, 0.3) is 0 Å². The van der Waals surface area contributed by atoms with Gasteiger partial charge in [-0.1, -0.05) is 167 Å². The molecule has 0 N–H and O–H groups in total. The van der Waals surface area contributed by atoms with Gasteiger partial charge in [-0.05, 0) is 105 Å². The highest BCUT2D eigenvalue weighted by Crippen LogP contribution is 2.30. The Bertz CT molecular complexity index is 1850. The topological polar surface area (TPSA) is 18.5 Å². The highest BCUT2D eigenvalue weighted by atomic mass is 16.5. The molecule has 2 heteroatoms. The molecule has 51 heavy (non-hydrogen) atoms. The van der Waals surface area contributed by atoms with E-state index in [0.29, 0.717) is 13.2 Å². The quantitative estimate of drug-likeness (QED) is 0.0381. The molecule has 0 atom stereocenters. The lowest BCUT2D eigenvalue weighted by Gasteiger charge is -2.12. The van der Waals surface area contributed by atoms with E-state index in [9.17, 15) is 0 Å². The van der Waals surface area contributed by atoms with Crippen molar-refractivity contribution in [3.05, 3.63) is 132 Å². The fourth-order valence-electron chi connectivity index (χ4n) is 7.63. The number of benzene rings is 6.